The van der Waals surface area contributed by atoms with Gasteiger partial charge in [-0.3, -0.25) is 9.36 Å². The Bertz CT molecular complexity index is 2050. The van der Waals surface area contributed by atoms with E-state index in [9.17, 15) is 17.8 Å². The fraction of sp³-hybridized carbons (Fsp3) is 0.161. The van der Waals surface area contributed by atoms with Gasteiger partial charge in [0, 0.05) is 42.1 Å². The van der Waals surface area contributed by atoms with Crippen molar-refractivity contribution in [3.05, 3.63) is 116 Å². The molecule has 0 bridgehead atoms. The molecule has 0 atom stereocenters. The molecule has 0 N–H and O–H groups in total. The predicted octanol–water partition coefficient (Wildman–Crippen LogP) is 3.94. The van der Waals surface area contributed by atoms with Crippen LogP contribution in [0.25, 0.3) is 22.0 Å². The highest BCUT2D eigenvalue weighted by molar-refractivity contribution is 8.08. The normalized spacial score (nSPS) is 14.7. The van der Waals surface area contributed by atoms with E-state index in [-0.39, 0.29) is 10.5 Å². The van der Waals surface area contributed by atoms with Gasteiger partial charge in [-0.05, 0) is 50.2 Å². The molecule has 10 heteroatoms. The monoisotopic (exact) mass is 603 g/mol. The van der Waals surface area contributed by atoms with Gasteiger partial charge in [0.05, 0.1) is 10.6 Å². The number of thiazole rings is 1. The van der Waals surface area contributed by atoms with Crippen LogP contribution in [-0.4, -0.2) is 24.6 Å². The van der Waals surface area contributed by atoms with Crippen LogP contribution in [0, 0.1) is 6.92 Å². The molecule has 0 saturated carbocycles. The highest BCUT2D eigenvalue weighted by Crippen LogP contribution is 2.44. The van der Waals surface area contributed by atoms with Gasteiger partial charge in [-0.1, -0.05) is 53.7 Å². The van der Waals surface area contributed by atoms with Gasteiger partial charge in [-0.2, -0.15) is 4.57 Å². The topological polar surface area (TPSA) is 86.3 Å². The standard InChI is InChI=1S/C24H22N3OS2.C7H8O3S/c1-4-27-21(15-17-14-13-16-9-5-6-10-18(16)25(17)2)30-22(23(27)28)24-26(3)19-11-7-8-12-20(19)29-24;1-6-2-4-7(5-3-6)11(8,9)10/h5-15H,4H2,1-3H3;2-5H,1H3,(H,8,9,10)/q+1;/p-1/b24-22+;. The molecule has 0 saturated heterocycles. The number of hydrogen-bond donors (Lipinski definition) is 0. The summed E-state index contributed by atoms with van der Waals surface area (Å²) >= 11 is 3.25. The number of rotatable bonds is 3. The lowest BCUT2D eigenvalue weighted by molar-refractivity contribution is -0.646. The quantitative estimate of drug-likeness (QED) is 0.229. The van der Waals surface area contributed by atoms with Crippen molar-refractivity contribution in [3.8, 4) is 0 Å². The third-order valence-electron chi connectivity index (χ3n) is 6.86. The summed E-state index contributed by atoms with van der Waals surface area (Å²) in [6.45, 7) is 4.49. The van der Waals surface area contributed by atoms with E-state index in [1.165, 1.54) is 27.9 Å². The Morgan fingerprint density at radius 1 is 0.951 bits per heavy atom. The second-order valence-electron chi connectivity index (χ2n) is 9.54. The van der Waals surface area contributed by atoms with Crippen molar-refractivity contribution >= 4 is 60.9 Å². The highest BCUT2D eigenvalue weighted by atomic mass is 32.2. The summed E-state index contributed by atoms with van der Waals surface area (Å²) in [6, 6.07) is 26.7. The minimum atomic E-state index is -4.27. The fourth-order valence-electron chi connectivity index (χ4n) is 4.61. The first kappa shape index (κ1) is 28.8. The maximum atomic E-state index is 13.3. The molecule has 5 aromatic rings. The minimum Gasteiger partial charge on any atom is -0.744 e. The Kier molecular flexibility index (Phi) is 8.19. The van der Waals surface area contributed by atoms with Crippen LogP contribution < -0.4 is 24.2 Å². The van der Waals surface area contributed by atoms with Gasteiger partial charge in [0.1, 0.15) is 31.4 Å². The molecule has 0 aliphatic carbocycles. The molecular formula is C31H29N3O4S3. The number of aryl methyl sites for hydroxylation is 2. The summed E-state index contributed by atoms with van der Waals surface area (Å²) < 4.78 is 37.0. The molecule has 0 fully saturated rings. The van der Waals surface area contributed by atoms with E-state index < -0.39 is 10.1 Å². The summed E-state index contributed by atoms with van der Waals surface area (Å²) in [5.74, 6) is 0. The molecule has 210 valence electrons. The molecule has 0 radical (unpaired) electrons. The molecule has 0 unspecified atom stereocenters. The van der Waals surface area contributed by atoms with Crippen LogP contribution in [0.4, 0.5) is 5.69 Å². The minimum absolute atomic E-state index is 0.0827. The summed E-state index contributed by atoms with van der Waals surface area (Å²) in [5, 5.41) is 2.21. The maximum absolute atomic E-state index is 13.3. The van der Waals surface area contributed by atoms with Crippen LogP contribution in [0.3, 0.4) is 0 Å². The number of fused-ring (bicyclic) bond motifs is 2. The van der Waals surface area contributed by atoms with Crippen LogP contribution >= 0.6 is 23.1 Å². The molecular weight excluding hydrogens is 575 g/mol. The third-order valence-corrected chi connectivity index (χ3v) is 10.2. The molecule has 3 heterocycles. The van der Waals surface area contributed by atoms with Crippen molar-refractivity contribution in [1.29, 1.82) is 0 Å². The van der Waals surface area contributed by atoms with Gasteiger partial charge in [-0.25, -0.2) is 8.42 Å². The van der Waals surface area contributed by atoms with Crippen LogP contribution in [-0.2, 0) is 23.7 Å². The van der Waals surface area contributed by atoms with Gasteiger partial charge in [-0.15, -0.1) is 11.3 Å². The molecule has 7 nitrogen and oxygen atoms in total. The first-order chi connectivity index (χ1) is 19.6. The van der Waals surface area contributed by atoms with E-state index in [1.807, 2.05) is 37.6 Å². The SMILES string of the molecule is CCn1c(=O)/c(=C2\Sc3ccccc3N2C)s/c1=C\c1ccc2ccccc2[n+]1C.Cc1ccc(S(=O)(=O)[O-])cc1. The van der Waals surface area contributed by atoms with Gasteiger partial charge < -0.3 is 9.45 Å². The average molecular weight is 604 g/mol. The summed E-state index contributed by atoms with van der Waals surface area (Å²) in [7, 11) is -0.159. The molecule has 0 spiro atoms. The van der Waals surface area contributed by atoms with Crippen molar-refractivity contribution in [3.63, 3.8) is 0 Å². The second-order valence-corrected chi connectivity index (χ2v) is 13.0. The zero-order valence-corrected chi connectivity index (χ0v) is 25.5. The van der Waals surface area contributed by atoms with E-state index in [0.29, 0.717) is 6.54 Å². The summed E-state index contributed by atoms with van der Waals surface area (Å²) in [6.07, 6.45) is 2.12. The summed E-state index contributed by atoms with van der Waals surface area (Å²) in [5.41, 5.74) is 4.41. The van der Waals surface area contributed by atoms with E-state index >= 15 is 0 Å². The van der Waals surface area contributed by atoms with Crippen LogP contribution in [0.1, 0.15) is 18.2 Å². The van der Waals surface area contributed by atoms with Crippen molar-refractivity contribution in [2.45, 2.75) is 30.2 Å². The number of para-hydroxylation sites is 2. The maximum Gasteiger partial charge on any atom is 0.271 e. The first-order valence-corrected chi connectivity index (χ1v) is 16.0. The Labute approximate surface area is 247 Å². The largest absolute Gasteiger partial charge is 0.744 e. The van der Waals surface area contributed by atoms with Crippen LogP contribution in [0.5, 0.6) is 0 Å². The molecule has 1 aliphatic rings. The van der Waals surface area contributed by atoms with Gasteiger partial charge in [0.15, 0.2) is 0 Å². The van der Waals surface area contributed by atoms with E-state index in [0.717, 1.165) is 31.2 Å². The molecule has 41 heavy (non-hydrogen) atoms. The fourth-order valence-corrected chi connectivity index (χ4v) is 7.54. The Morgan fingerprint density at radius 2 is 1.63 bits per heavy atom. The van der Waals surface area contributed by atoms with Crippen molar-refractivity contribution in [1.82, 2.24) is 4.57 Å². The zero-order valence-electron chi connectivity index (χ0n) is 23.1. The lowest BCUT2D eigenvalue weighted by atomic mass is 10.2. The lowest BCUT2D eigenvalue weighted by Crippen LogP contribution is -2.35. The molecule has 0 amide bonds. The molecule has 1 aliphatic heterocycles. The number of hydrogen-bond acceptors (Lipinski definition) is 7. The Hall–Kier alpha value is -3.70. The number of benzene rings is 3. The van der Waals surface area contributed by atoms with Crippen LogP contribution in [0.15, 0.2) is 99.5 Å². The number of thioether (sulfide) groups is 1. The summed E-state index contributed by atoms with van der Waals surface area (Å²) in [4.78, 5) is 16.4. The van der Waals surface area contributed by atoms with E-state index in [4.69, 9.17) is 0 Å². The smallest absolute Gasteiger partial charge is 0.271 e. The Morgan fingerprint density at radius 3 is 2.32 bits per heavy atom. The second kappa shape index (κ2) is 11.7. The first-order valence-electron chi connectivity index (χ1n) is 12.9. The van der Waals surface area contributed by atoms with E-state index in [2.05, 4.69) is 71.1 Å². The van der Waals surface area contributed by atoms with Crippen molar-refractivity contribution in [2.24, 2.45) is 7.05 Å². The van der Waals surface area contributed by atoms with Crippen molar-refractivity contribution in [2.75, 3.05) is 11.9 Å². The van der Waals surface area contributed by atoms with Gasteiger partial charge in [0.25, 0.3) is 5.56 Å². The number of anilines is 1. The molecule has 3 aromatic carbocycles. The van der Waals surface area contributed by atoms with Crippen molar-refractivity contribution < 1.29 is 17.5 Å². The van der Waals surface area contributed by atoms with Crippen LogP contribution in [0.2, 0.25) is 0 Å². The Balaban J connectivity index is 0.000000259. The number of nitrogens with zero attached hydrogens (tertiary/aromatic N) is 3. The average Bonchev–Trinajstić information content (AvgIpc) is 3.45. The predicted molar refractivity (Wildman–Crippen MR) is 165 cm³/mol. The number of aromatic nitrogens is 2. The van der Waals surface area contributed by atoms with E-state index in [1.54, 1.807) is 35.2 Å². The lowest BCUT2D eigenvalue weighted by Gasteiger charge is -2.11. The molecule has 6 rings (SSSR count). The third kappa shape index (κ3) is 5.87. The van der Waals surface area contributed by atoms with Gasteiger partial charge in [0.2, 0.25) is 11.2 Å². The number of pyridine rings is 1. The molecule has 2 aromatic heterocycles. The zero-order chi connectivity index (χ0) is 29.3. The van der Waals surface area contributed by atoms with Gasteiger partial charge >= 0.3 is 0 Å². The highest BCUT2D eigenvalue weighted by Gasteiger charge is 2.24.